The first-order valence-electron chi connectivity index (χ1n) is 10.2. The van der Waals surface area contributed by atoms with Gasteiger partial charge in [-0.1, -0.05) is 30.7 Å². The van der Waals surface area contributed by atoms with Crippen LogP contribution in [0.5, 0.6) is 0 Å². The lowest BCUT2D eigenvalue weighted by Gasteiger charge is -2.38. The number of imidazole rings is 1. The molecule has 3 aromatic rings. The number of rotatable bonds is 4. The van der Waals surface area contributed by atoms with Crippen LogP contribution in [0.15, 0.2) is 48.9 Å². The lowest BCUT2D eigenvalue weighted by atomic mass is 10.1. The summed E-state index contributed by atoms with van der Waals surface area (Å²) in [7, 11) is 0. The highest BCUT2D eigenvalue weighted by molar-refractivity contribution is 5.78. The van der Waals surface area contributed by atoms with Gasteiger partial charge in [-0.3, -0.25) is 9.88 Å². The molecule has 2 aliphatic rings. The number of fused-ring (bicyclic) bond motifs is 2. The van der Waals surface area contributed by atoms with E-state index < -0.39 is 0 Å². The summed E-state index contributed by atoms with van der Waals surface area (Å²) in [5, 5.41) is 1.21. The number of para-hydroxylation sites is 1. The molecule has 2 aliphatic heterocycles. The van der Waals surface area contributed by atoms with Crippen molar-refractivity contribution >= 4 is 10.9 Å². The van der Waals surface area contributed by atoms with Gasteiger partial charge in [0, 0.05) is 37.8 Å². The van der Waals surface area contributed by atoms with Crippen molar-refractivity contribution in [2.24, 2.45) is 0 Å². The highest BCUT2D eigenvalue weighted by Gasteiger charge is 2.27. The Morgan fingerprint density at radius 3 is 2.78 bits per heavy atom. The summed E-state index contributed by atoms with van der Waals surface area (Å²) < 4.78 is 2.40. The molecular weight excluding hydrogens is 334 g/mol. The smallest absolute Gasteiger partial charge is 0.0952 e. The summed E-state index contributed by atoms with van der Waals surface area (Å²) in [5.41, 5.74) is 3.56. The molecule has 1 saturated heterocycles. The van der Waals surface area contributed by atoms with E-state index in [9.17, 15) is 0 Å². The van der Waals surface area contributed by atoms with Crippen molar-refractivity contribution in [3.63, 3.8) is 0 Å². The predicted octanol–water partition coefficient (Wildman–Crippen LogP) is 3.47. The van der Waals surface area contributed by atoms with Gasteiger partial charge in [-0.25, -0.2) is 4.98 Å². The number of aromatic nitrogens is 3. The second-order valence-corrected chi connectivity index (χ2v) is 7.97. The fourth-order valence-corrected chi connectivity index (χ4v) is 4.59. The van der Waals surface area contributed by atoms with Crippen LogP contribution in [-0.2, 0) is 13.1 Å². The summed E-state index contributed by atoms with van der Waals surface area (Å²) in [6.45, 7) is 6.52. The van der Waals surface area contributed by atoms with Crippen molar-refractivity contribution in [2.75, 3.05) is 26.2 Å². The SMILES string of the molecule is c1ccc2nc(CN3Cc4cncn4C(CN4CCCCC4)C3)ccc2c1. The van der Waals surface area contributed by atoms with Gasteiger partial charge in [-0.2, -0.15) is 0 Å². The minimum absolute atomic E-state index is 0.481. The molecule has 1 unspecified atom stereocenters. The maximum absolute atomic E-state index is 4.88. The molecule has 140 valence electrons. The number of benzene rings is 1. The Balaban J connectivity index is 1.33. The van der Waals surface area contributed by atoms with E-state index in [4.69, 9.17) is 4.98 Å². The van der Waals surface area contributed by atoms with Crippen LogP contribution in [0.3, 0.4) is 0 Å². The fraction of sp³-hybridized carbons (Fsp3) is 0.455. The van der Waals surface area contributed by atoms with Crippen LogP contribution in [0, 0.1) is 0 Å². The first kappa shape index (κ1) is 16.9. The third kappa shape index (κ3) is 3.62. The molecule has 0 spiro atoms. The molecule has 4 heterocycles. The molecular formula is C22H27N5. The maximum atomic E-state index is 4.88. The maximum Gasteiger partial charge on any atom is 0.0952 e. The van der Waals surface area contributed by atoms with E-state index >= 15 is 0 Å². The van der Waals surface area contributed by atoms with Gasteiger partial charge in [0.25, 0.3) is 0 Å². The van der Waals surface area contributed by atoms with Crippen LogP contribution in [0.2, 0.25) is 0 Å². The minimum Gasteiger partial charge on any atom is -0.328 e. The molecule has 0 N–H and O–H groups in total. The molecule has 0 aliphatic carbocycles. The third-order valence-electron chi connectivity index (χ3n) is 5.95. The Bertz CT molecular complexity index is 912. The molecule has 2 aromatic heterocycles. The molecule has 5 rings (SSSR count). The Kier molecular flexibility index (Phi) is 4.64. The molecule has 0 radical (unpaired) electrons. The second-order valence-electron chi connectivity index (χ2n) is 7.97. The minimum atomic E-state index is 0.481. The van der Waals surface area contributed by atoms with Gasteiger partial charge in [-0.15, -0.1) is 0 Å². The Morgan fingerprint density at radius 2 is 1.85 bits per heavy atom. The van der Waals surface area contributed by atoms with Crippen LogP contribution in [-0.4, -0.2) is 50.5 Å². The largest absolute Gasteiger partial charge is 0.328 e. The number of hydrogen-bond donors (Lipinski definition) is 0. The van der Waals surface area contributed by atoms with E-state index in [1.807, 2.05) is 12.5 Å². The Labute approximate surface area is 160 Å². The lowest BCUT2D eigenvalue weighted by molar-refractivity contribution is 0.127. The fourth-order valence-electron chi connectivity index (χ4n) is 4.59. The Morgan fingerprint density at radius 1 is 0.963 bits per heavy atom. The van der Waals surface area contributed by atoms with Crippen molar-refractivity contribution in [2.45, 2.75) is 38.4 Å². The molecule has 1 fully saturated rings. The van der Waals surface area contributed by atoms with Crippen molar-refractivity contribution in [3.05, 3.63) is 60.3 Å². The molecule has 1 aromatic carbocycles. The summed E-state index contributed by atoms with van der Waals surface area (Å²) in [6, 6.07) is 13.2. The molecule has 27 heavy (non-hydrogen) atoms. The third-order valence-corrected chi connectivity index (χ3v) is 5.95. The topological polar surface area (TPSA) is 37.2 Å². The summed E-state index contributed by atoms with van der Waals surface area (Å²) in [5.74, 6) is 0. The van der Waals surface area contributed by atoms with E-state index in [2.05, 4.69) is 55.7 Å². The molecule has 1 atom stereocenters. The average Bonchev–Trinajstić information content (AvgIpc) is 3.18. The quantitative estimate of drug-likeness (QED) is 0.713. The molecule has 0 amide bonds. The van der Waals surface area contributed by atoms with Gasteiger partial charge < -0.3 is 9.47 Å². The molecule has 0 saturated carbocycles. The summed E-state index contributed by atoms with van der Waals surface area (Å²) >= 11 is 0. The van der Waals surface area contributed by atoms with E-state index in [0.717, 1.165) is 37.4 Å². The number of nitrogens with zero attached hydrogens (tertiary/aromatic N) is 5. The molecule has 0 bridgehead atoms. The van der Waals surface area contributed by atoms with Crippen LogP contribution in [0.25, 0.3) is 10.9 Å². The first-order chi connectivity index (χ1) is 13.3. The van der Waals surface area contributed by atoms with Crippen molar-refractivity contribution in [1.29, 1.82) is 0 Å². The van der Waals surface area contributed by atoms with Gasteiger partial charge in [0.05, 0.1) is 29.3 Å². The van der Waals surface area contributed by atoms with Crippen molar-refractivity contribution in [1.82, 2.24) is 24.3 Å². The van der Waals surface area contributed by atoms with E-state index in [-0.39, 0.29) is 0 Å². The predicted molar refractivity (Wildman–Crippen MR) is 107 cm³/mol. The van der Waals surface area contributed by atoms with Gasteiger partial charge in [0.15, 0.2) is 0 Å². The summed E-state index contributed by atoms with van der Waals surface area (Å²) in [6.07, 6.45) is 8.12. The van der Waals surface area contributed by atoms with E-state index in [1.165, 1.54) is 43.4 Å². The Hall–Kier alpha value is -2.24. The van der Waals surface area contributed by atoms with Gasteiger partial charge in [-0.05, 0) is 38.1 Å². The number of hydrogen-bond acceptors (Lipinski definition) is 4. The van der Waals surface area contributed by atoms with Crippen LogP contribution in [0.1, 0.15) is 36.7 Å². The van der Waals surface area contributed by atoms with Gasteiger partial charge in [0.1, 0.15) is 0 Å². The second kappa shape index (κ2) is 7.41. The zero-order valence-corrected chi connectivity index (χ0v) is 15.8. The number of piperidine rings is 1. The van der Waals surface area contributed by atoms with Crippen molar-refractivity contribution < 1.29 is 0 Å². The van der Waals surface area contributed by atoms with Crippen LogP contribution < -0.4 is 0 Å². The van der Waals surface area contributed by atoms with Crippen molar-refractivity contribution in [3.8, 4) is 0 Å². The average molecular weight is 361 g/mol. The highest BCUT2D eigenvalue weighted by Crippen LogP contribution is 2.24. The summed E-state index contributed by atoms with van der Waals surface area (Å²) in [4.78, 5) is 14.5. The zero-order valence-electron chi connectivity index (χ0n) is 15.8. The molecule has 5 heteroatoms. The van der Waals surface area contributed by atoms with E-state index in [0.29, 0.717) is 6.04 Å². The van der Waals surface area contributed by atoms with Gasteiger partial charge >= 0.3 is 0 Å². The standard InChI is InChI=1S/C22H27N5/c1-4-10-25(11-5-1)15-21-16-26(14-20-12-23-17-27(20)21)13-19-9-8-18-6-2-3-7-22(18)24-19/h2-3,6-9,12,17,21H,1,4-5,10-11,13-16H2. The lowest BCUT2D eigenvalue weighted by Crippen LogP contribution is -2.43. The molecule has 5 nitrogen and oxygen atoms in total. The number of pyridine rings is 1. The van der Waals surface area contributed by atoms with Crippen LogP contribution in [0.4, 0.5) is 0 Å². The highest BCUT2D eigenvalue weighted by atomic mass is 15.3. The van der Waals surface area contributed by atoms with Crippen LogP contribution >= 0.6 is 0 Å². The first-order valence-corrected chi connectivity index (χ1v) is 10.2. The van der Waals surface area contributed by atoms with Gasteiger partial charge in [0.2, 0.25) is 0 Å². The normalized spacial score (nSPS) is 21.4. The zero-order chi connectivity index (χ0) is 18.1. The van der Waals surface area contributed by atoms with E-state index in [1.54, 1.807) is 0 Å². The monoisotopic (exact) mass is 361 g/mol. The number of likely N-dealkylation sites (tertiary alicyclic amines) is 1.